The van der Waals surface area contributed by atoms with Crippen LogP contribution >= 0.6 is 0 Å². The van der Waals surface area contributed by atoms with Crippen LogP contribution in [0.25, 0.3) is 0 Å². The summed E-state index contributed by atoms with van der Waals surface area (Å²) >= 11 is 0. The van der Waals surface area contributed by atoms with E-state index in [0.717, 1.165) is 22.7 Å². The van der Waals surface area contributed by atoms with Gasteiger partial charge in [0.25, 0.3) is 0 Å². The molecule has 0 atom stereocenters. The molecule has 0 aliphatic heterocycles. The normalized spacial score (nSPS) is 10.5. The molecule has 0 heterocycles. The zero-order chi connectivity index (χ0) is 19.3. The van der Waals surface area contributed by atoms with Crippen molar-refractivity contribution in [2.75, 3.05) is 10.2 Å². The monoisotopic (exact) mass is 372 g/mol. The SMILES string of the molecule is Fc1cccc(Nc2ccc(N(c3ccccc3)c3cccc(F)c3)cc2)c1. The Hall–Kier alpha value is -3.66. The first-order valence-corrected chi connectivity index (χ1v) is 8.92. The molecule has 0 bridgehead atoms. The van der Waals surface area contributed by atoms with Crippen LogP contribution in [0.5, 0.6) is 0 Å². The van der Waals surface area contributed by atoms with Gasteiger partial charge in [-0.15, -0.1) is 0 Å². The van der Waals surface area contributed by atoms with Crippen molar-refractivity contribution in [1.82, 2.24) is 0 Å². The number of hydrogen-bond acceptors (Lipinski definition) is 2. The van der Waals surface area contributed by atoms with E-state index in [4.69, 9.17) is 0 Å². The molecule has 0 amide bonds. The Labute approximate surface area is 162 Å². The van der Waals surface area contributed by atoms with E-state index in [1.807, 2.05) is 65.6 Å². The van der Waals surface area contributed by atoms with Crippen LogP contribution in [0, 0.1) is 11.6 Å². The lowest BCUT2D eigenvalue weighted by molar-refractivity contribution is 0.627. The van der Waals surface area contributed by atoms with Crippen molar-refractivity contribution in [3.8, 4) is 0 Å². The Balaban J connectivity index is 1.67. The van der Waals surface area contributed by atoms with E-state index >= 15 is 0 Å². The fraction of sp³-hybridized carbons (Fsp3) is 0. The second-order valence-electron chi connectivity index (χ2n) is 6.33. The van der Waals surface area contributed by atoms with Crippen molar-refractivity contribution in [3.63, 3.8) is 0 Å². The number of anilines is 5. The molecule has 138 valence electrons. The highest BCUT2D eigenvalue weighted by molar-refractivity contribution is 5.77. The van der Waals surface area contributed by atoms with Crippen molar-refractivity contribution < 1.29 is 8.78 Å². The molecule has 0 fully saturated rings. The Morgan fingerprint density at radius 1 is 0.500 bits per heavy atom. The van der Waals surface area contributed by atoms with Crippen LogP contribution < -0.4 is 10.2 Å². The first-order valence-electron chi connectivity index (χ1n) is 8.92. The van der Waals surface area contributed by atoms with Crippen LogP contribution in [-0.2, 0) is 0 Å². The van der Waals surface area contributed by atoms with E-state index < -0.39 is 0 Å². The Bertz CT molecular complexity index is 1060. The van der Waals surface area contributed by atoms with Gasteiger partial charge in [0.05, 0.1) is 0 Å². The molecule has 0 aliphatic rings. The number of rotatable bonds is 5. The van der Waals surface area contributed by atoms with Crippen molar-refractivity contribution in [1.29, 1.82) is 0 Å². The summed E-state index contributed by atoms with van der Waals surface area (Å²) in [5.74, 6) is -0.578. The molecular formula is C24H18F2N2. The Morgan fingerprint density at radius 3 is 1.79 bits per heavy atom. The molecule has 0 aromatic heterocycles. The van der Waals surface area contributed by atoms with E-state index in [0.29, 0.717) is 5.69 Å². The van der Waals surface area contributed by atoms with Crippen molar-refractivity contribution in [3.05, 3.63) is 115 Å². The highest BCUT2D eigenvalue weighted by atomic mass is 19.1. The molecule has 0 saturated heterocycles. The van der Waals surface area contributed by atoms with E-state index in [9.17, 15) is 8.78 Å². The van der Waals surface area contributed by atoms with E-state index in [2.05, 4.69) is 5.32 Å². The summed E-state index contributed by atoms with van der Waals surface area (Å²) in [5.41, 5.74) is 4.07. The van der Waals surface area contributed by atoms with Crippen molar-refractivity contribution in [2.24, 2.45) is 0 Å². The first kappa shape index (κ1) is 17.7. The summed E-state index contributed by atoms with van der Waals surface area (Å²) in [5, 5.41) is 3.18. The van der Waals surface area contributed by atoms with Crippen LogP contribution in [0.4, 0.5) is 37.2 Å². The summed E-state index contributed by atoms with van der Waals surface area (Å²) < 4.78 is 27.2. The first-order chi connectivity index (χ1) is 13.7. The molecule has 0 spiro atoms. The van der Waals surface area contributed by atoms with Crippen LogP contribution in [0.1, 0.15) is 0 Å². The largest absolute Gasteiger partial charge is 0.355 e. The van der Waals surface area contributed by atoms with Gasteiger partial charge in [0.15, 0.2) is 0 Å². The second-order valence-corrected chi connectivity index (χ2v) is 6.33. The number of nitrogens with one attached hydrogen (secondary N) is 1. The van der Waals surface area contributed by atoms with Crippen molar-refractivity contribution in [2.45, 2.75) is 0 Å². The van der Waals surface area contributed by atoms with Gasteiger partial charge in [-0.2, -0.15) is 0 Å². The standard InChI is InChI=1S/C24H18F2N2/c25-18-6-4-8-21(16-18)27-20-12-14-23(15-13-20)28(22-9-2-1-3-10-22)24-11-5-7-19(26)17-24/h1-17,27H. The minimum Gasteiger partial charge on any atom is -0.355 e. The third-order valence-electron chi connectivity index (χ3n) is 4.32. The number of halogens is 2. The molecule has 0 saturated carbocycles. The Morgan fingerprint density at radius 2 is 1.11 bits per heavy atom. The van der Waals surface area contributed by atoms with Crippen LogP contribution in [0.15, 0.2) is 103 Å². The molecule has 4 rings (SSSR count). The molecule has 28 heavy (non-hydrogen) atoms. The molecule has 0 radical (unpaired) electrons. The van der Waals surface area contributed by atoms with Gasteiger partial charge in [0, 0.05) is 28.4 Å². The van der Waals surface area contributed by atoms with E-state index in [1.165, 1.54) is 24.3 Å². The Kier molecular flexibility index (Phi) is 5.02. The highest BCUT2D eigenvalue weighted by Gasteiger charge is 2.12. The summed E-state index contributed by atoms with van der Waals surface area (Å²) in [4.78, 5) is 1.98. The minimum atomic E-state index is -0.289. The summed E-state index contributed by atoms with van der Waals surface area (Å²) in [6, 6.07) is 30.3. The minimum absolute atomic E-state index is 0.289. The molecule has 4 aromatic carbocycles. The second kappa shape index (κ2) is 7.92. The van der Waals surface area contributed by atoms with Gasteiger partial charge >= 0.3 is 0 Å². The summed E-state index contributed by atoms with van der Waals surface area (Å²) in [7, 11) is 0. The quantitative estimate of drug-likeness (QED) is 0.399. The van der Waals surface area contributed by atoms with Gasteiger partial charge in [0.2, 0.25) is 0 Å². The lowest BCUT2D eigenvalue weighted by Crippen LogP contribution is -2.10. The summed E-state index contributed by atoms with van der Waals surface area (Å²) in [6.45, 7) is 0. The maximum Gasteiger partial charge on any atom is 0.125 e. The van der Waals surface area contributed by atoms with Crippen molar-refractivity contribution >= 4 is 28.4 Å². The molecule has 4 heteroatoms. The van der Waals surface area contributed by atoms with Gasteiger partial charge in [-0.25, -0.2) is 8.78 Å². The number of nitrogens with zero attached hydrogens (tertiary/aromatic N) is 1. The lowest BCUT2D eigenvalue weighted by atomic mass is 10.1. The van der Waals surface area contributed by atoms with Gasteiger partial charge in [-0.3, -0.25) is 0 Å². The number of para-hydroxylation sites is 1. The zero-order valence-electron chi connectivity index (χ0n) is 15.0. The molecule has 2 nitrogen and oxygen atoms in total. The molecule has 0 aliphatic carbocycles. The molecule has 0 unspecified atom stereocenters. The average molecular weight is 372 g/mol. The summed E-state index contributed by atoms with van der Waals surface area (Å²) in [6.07, 6.45) is 0. The third-order valence-corrected chi connectivity index (χ3v) is 4.32. The van der Waals surface area contributed by atoms with Crippen LogP contribution in [0.3, 0.4) is 0 Å². The van der Waals surface area contributed by atoms with Gasteiger partial charge in [-0.1, -0.05) is 30.3 Å². The molecule has 4 aromatic rings. The predicted octanol–water partition coefficient (Wildman–Crippen LogP) is 7.18. The topological polar surface area (TPSA) is 15.3 Å². The highest BCUT2D eigenvalue weighted by Crippen LogP contribution is 2.35. The van der Waals surface area contributed by atoms with Crippen LogP contribution in [0.2, 0.25) is 0 Å². The third kappa shape index (κ3) is 4.01. The fourth-order valence-electron chi connectivity index (χ4n) is 3.07. The lowest BCUT2D eigenvalue weighted by Gasteiger charge is -2.25. The maximum absolute atomic E-state index is 13.8. The van der Waals surface area contributed by atoms with Gasteiger partial charge in [-0.05, 0) is 72.8 Å². The fourth-order valence-corrected chi connectivity index (χ4v) is 3.07. The van der Waals surface area contributed by atoms with E-state index in [1.54, 1.807) is 18.2 Å². The zero-order valence-corrected chi connectivity index (χ0v) is 15.0. The maximum atomic E-state index is 13.8. The van der Waals surface area contributed by atoms with Gasteiger partial charge in [0.1, 0.15) is 11.6 Å². The van der Waals surface area contributed by atoms with E-state index in [-0.39, 0.29) is 11.6 Å². The van der Waals surface area contributed by atoms with Crippen LogP contribution in [-0.4, -0.2) is 0 Å². The molecule has 1 N–H and O–H groups in total. The van der Waals surface area contributed by atoms with Gasteiger partial charge < -0.3 is 10.2 Å². The average Bonchev–Trinajstić information content (AvgIpc) is 2.71. The number of benzene rings is 4. The molecular weight excluding hydrogens is 354 g/mol. The number of hydrogen-bond donors (Lipinski definition) is 1. The predicted molar refractivity (Wildman–Crippen MR) is 111 cm³/mol. The smallest absolute Gasteiger partial charge is 0.125 e.